The maximum absolute atomic E-state index is 14.6. The van der Waals surface area contributed by atoms with Gasteiger partial charge in [0.1, 0.15) is 5.82 Å². The van der Waals surface area contributed by atoms with Crippen molar-refractivity contribution in [3.63, 3.8) is 0 Å². The molecule has 8 heteroatoms. The van der Waals surface area contributed by atoms with Crippen molar-refractivity contribution in [1.29, 1.82) is 0 Å². The van der Waals surface area contributed by atoms with E-state index < -0.39 is 5.82 Å². The lowest BCUT2D eigenvalue weighted by atomic mass is 9.96. The summed E-state index contributed by atoms with van der Waals surface area (Å²) in [6, 6.07) is 8.94. The Bertz CT molecular complexity index is 942. The molecule has 0 saturated carbocycles. The molecule has 2 N–H and O–H groups in total. The lowest BCUT2D eigenvalue weighted by Gasteiger charge is -2.11. The molecule has 5 nitrogen and oxygen atoms in total. The lowest BCUT2D eigenvalue weighted by molar-refractivity contribution is 0.626. The molecule has 24 heavy (non-hydrogen) atoms. The highest BCUT2D eigenvalue weighted by atomic mass is 35.5. The Morgan fingerprint density at radius 1 is 1.33 bits per heavy atom. The minimum Gasteiger partial charge on any atom is -0.323 e. The van der Waals surface area contributed by atoms with Crippen molar-refractivity contribution >= 4 is 23.4 Å². The molecule has 2 heterocycles. The molecule has 0 bridgehead atoms. The van der Waals surface area contributed by atoms with Gasteiger partial charge in [-0.3, -0.25) is 0 Å². The molecule has 3 aromatic rings. The van der Waals surface area contributed by atoms with Crippen molar-refractivity contribution in [3.8, 4) is 22.5 Å². The van der Waals surface area contributed by atoms with E-state index in [0.717, 1.165) is 21.8 Å². The summed E-state index contributed by atoms with van der Waals surface area (Å²) in [6.07, 6.45) is 0. The van der Waals surface area contributed by atoms with Gasteiger partial charge in [0.05, 0.1) is 12.6 Å². The molecule has 1 unspecified atom stereocenters. The fourth-order valence-electron chi connectivity index (χ4n) is 2.82. The summed E-state index contributed by atoms with van der Waals surface area (Å²) in [7, 11) is 1.64. The number of nitrogens with zero attached hydrogens (tertiary/aromatic N) is 4. The summed E-state index contributed by atoms with van der Waals surface area (Å²) in [5.41, 5.74) is 8.96. The second-order valence-corrected chi connectivity index (χ2v) is 7.08. The number of rotatable bonds is 2. The predicted molar refractivity (Wildman–Crippen MR) is 92.3 cm³/mol. The number of thioether (sulfide) groups is 1. The highest BCUT2D eigenvalue weighted by Crippen LogP contribution is 2.41. The topological polar surface area (TPSA) is 69.6 Å². The highest BCUT2D eigenvalue weighted by Gasteiger charge is 2.23. The molecular formula is C16H13ClFN5S. The predicted octanol–water partition coefficient (Wildman–Crippen LogP) is 3.44. The Morgan fingerprint density at radius 3 is 2.92 bits per heavy atom. The Labute approximate surface area is 147 Å². The maximum Gasteiger partial charge on any atom is 0.208 e. The van der Waals surface area contributed by atoms with Gasteiger partial charge in [0, 0.05) is 21.7 Å². The standard InChI is InChI=1S/C16H13ClFN5S/c1-23-21-16(20-22-23)15-11(5-9(17)6-12(15)18)8-2-3-10-13(19)7-24-14(10)4-8/h2-6,13H,7,19H2,1H3. The first kappa shape index (κ1) is 15.6. The van der Waals surface area contributed by atoms with Crippen molar-refractivity contribution in [3.05, 3.63) is 46.7 Å². The Hall–Kier alpha value is -1.96. The molecule has 1 atom stereocenters. The number of nitrogens with two attached hydrogens (primary N) is 1. The molecule has 0 amide bonds. The zero-order chi connectivity index (χ0) is 16.8. The van der Waals surface area contributed by atoms with Crippen LogP contribution in [0.1, 0.15) is 11.6 Å². The molecule has 0 fully saturated rings. The maximum atomic E-state index is 14.6. The van der Waals surface area contributed by atoms with E-state index in [2.05, 4.69) is 15.4 Å². The van der Waals surface area contributed by atoms with E-state index in [1.54, 1.807) is 24.9 Å². The minimum absolute atomic E-state index is 0.0382. The quantitative estimate of drug-likeness (QED) is 0.757. The van der Waals surface area contributed by atoms with Crippen molar-refractivity contribution in [2.45, 2.75) is 10.9 Å². The number of aromatic nitrogens is 4. The fourth-order valence-corrected chi connectivity index (χ4v) is 4.16. The zero-order valence-corrected chi connectivity index (χ0v) is 14.3. The van der Waals surface area contributed by atoms with Crippen LogP contribution in [0, 0.1) is 5.82 Å². The van der Waals surface area contributed by atoms with Gasteiger partial charge in [0.15, 0.2) is 0 Å². The van der Waals surface area contributed by atoms with Crippen LogP contribution in [0.15, 0.2) is 35.2 Å². The Morgan fingerprint density at radius 2 is 2.17 bits per heavy atom. The van der Waals surface area contributed by atoms with Crippen molar-refractivity contribution in [2.75, 3.05) is 5.75 Å². The summed E-state index contributed by atoms with van der Waals surface area (Å²) < 4.78 is 14.6. The van der Waals surface area contributed by atoms with Gasteiger partial charge in [-0.05, 0) is 40.1 Å². The van der Waals surface area contributed by atoms with Crippen LogP contribution in [-0.2, 0) is 7.05 Å². The molecule has 1 aromatic heterocycles. The third-order valence-electron chi connectivity index (χ3n) is 3.93. The fraction of sp³-hybridized carbons (Fsp3) is 0.188. The lowest BCUT2D eigenvalue weighted by Crippen LogP contribution is -2.08. The van der Waals surface area contributed by atoms with E-state index in [0.29, 0.717) is 16.1 Å². The molecule has 0 radical (unpaired) electrons. The van der Waals surface area contributed by atoms with Crippen molar-refractivity contribution < 1.29 is 4.39 Å². The second-order valence-electron chi connectivity index (χ2n) is 5.58. The number of hydrogen-bond donors (Lipinski definition) is 1. The van der Waals surface area contributed by atoms with Gasteiger partial charge in [-0.2, -0.15) is 4.80 Å². The number of hydrogen-bond acceptors (Lipinski definition) is 5. The van der Waals surface area contributed by atoms with Gasteiger partial charge < -0.3 is 5.73 Å². The first-order valence-corrected chi connectivity index (χ1v) is 8.65. The molecule has 2 aromatic carbocycles. The largest absolute Gasteiger partial charge is 0.323 e. The van der Waals surface area contributed by atoms with Gasteiger partial charge in [0.2, 0.25) is 5.82 Å². The van der Waals surface area contributed by atoms with E-state index in [4.69, 9.17) is 17.3 Å². The van der Waals surface area contributed by atoms with Crippen LogP contribution in [-0.4, -0.2) is 26.0 Å². The van der Waals surface area contributed by atoms with Crippen LogP contribution in [0.3, 0.4) is 0 Å². The number of aryl methyl sites for hydroxylation is 1. The van der Waals surface area contributed by atoms with Crippen molar-refractivity contribution in [1.82, 2.24) is 20.2 Å². The second kappa shape index (κ2) is 5.84. The van der Waals surface area contributed by atoms with Gasteiger partial charge in [-0.15, -0.1) is 22.0 Å². The monoisotopic (exact) mass is 361 g/mol. The van der Waals surface area contributed by atoms with Crippen molar-refractivity contribution in [2.24, 2.45) is 12.8 Å². The average Bonchev–Trinajstić information content (AvgIpc) is 3.13. The van der Waals surface area contributed by atoms with Gasteiger partial charge in [-0.1, -0.05) is 23.7 Å². The SMILES string of the molecule is Cn1nnc(-c2c(F)cc(Cl)cc2-c2ccc3c(c2)SCC3N)n1. The molecule has 0 saturated heterocycles. The third kappa shape index (κ3) is 2.58. The summed E-state index contributed by atoms with van der Waals surface area (Å²) in [6.45, 7) is 0. The molecule has 122 valence electrons. The first-order chi connectivity index (χ1) is 11.5. The van der Waals surface area contributed by atoms with Gasteiger partial charge in [-0.25, -0.2) is 4.39 Å². The number of benzene rings is 2. The van der Waals surface area contributed by atoms with Crippen LogP contribution >= 0.6 is 23.4 Å². The van der Waals surface area contributed by atoms with E-state index in [1.807, 2.05) is 18.2 Å². The summed E-state index contributed by atoms with van der Waals surface area (Å²) in [5, 5.41) is 12.2. The average molecular weight is 362 g/mol. The van der Waals surface area contributed by atoms with E-state index in [9.17, 15) is 4.39 Å². The van der Waals surface area contributed by atoms with E-state index in [1.165, 1.54) is 10.9 Å². The summed E-state index contributed by atoms with van der Waals surface area (Å²) in [4.78, 5) is 2.41. The number of tetrazole rings is 1. The first-order valence-electron chi connectivity index (χ1n) is 7.29. The third-order valence-corrected chi connectivity index (χ3v) is 5.34. The molecule has 4 rings (SSSR count). The number of halogens is 2. The van der Waals surface area contributed by atoms with E-state index in [-0.39, 0.29) is 11.9 Å². The normalized spacial score (nSPS) is 16.4. The molecular weight excluding hydrogens is 349 g/mol. The highest BCUT2D eigenvalue weighted by molar-refractivity contribution is 7.99. The van der Waals surface area contributed by atoms with Crippen LogP contribution in [0.5, 0.6) is 0 Å². The summed E-state index contributed by atoms with van der Waals surface area (Å²) >= 11 is 7.78. The Balaban J connectivity index is 1.92. The molecule has 1 aliphatic rings. The minimum atomic E-state index is -0.477. The molecule has 0 spiro atoms. The smallest absolute Gasteiger partial charge is 0.208 e. The van der Waals surface area contributed by atoms with Crippen LogP contribution < -0.4 is 5.73 Å². The number of fused-ring (bicyclic) bond motifs is 1. The molecule has 1 aliphatic heterocycles. The Kier molecular flexibility index (Phi) is 3.79. The van der Waals surface area contributed by atoms with E-state index >= 15 is 0 Å². The van der Waals surface area contributed by atoms with Gasteiger partial charge in [0.25, 0.3) is 0 Å². The van der Waals surface area contributed by atoms with Gasteiger partial charge >= 0.3 is 0 Å². The van der Waals surface area contributed by atoms with Crippen LogP contribution in [0.2, 0.25) is 5.02 Å². The summed E-state index contributed by atoms with van der Waals surface area (Å²) in [5.74, 6) is 0.600. The zero-order valence-electron chi connectivity index (χ0n) is 12.7. The molecule has 0 aliphatic carbocycles. The van der Waals surface area contributed by atoms with Crippen LogP contribution in [0.4, 0.5) is 4.39 Å². The van der Waals surface area contributed by atoms with Crippen LogP contribution in [0.25, 0.3) is 22.5 Å².